The minimum atomic E-state index is -4.77. The molecule has 1 heterocycles. The van der Waals surface area contributed by atoms with E-state index in [-0.39, 0.29) is 12.0 Å². The van der Waals surface area contributed by atoms with Gasteiger partial charge in [0.05, 0.1) is 18.7 Å². The smallest absolute Gasteiger partial charge is 0.404 e. The van der Waals surface area contributed by atoms with Gasteiger partial charge in [0.25, 0.3) is 0 Å². The lowest BCUT2D eigenvalue weighted by Crippen LogP contribution is -2.18. The van der Waals surface area contributed by atoms with Crippen LogP contribution in [0.15, 0.2) is 12.4 Å². The molecule has 7 heteroatoms. The average molecular weight is 328 g/mol. The van der Waals surface area contributed by atoms with Crippen LogP contribution in [-0.4, -0.2) is 11.3 Å². The van der Waals surface area contributed by atoms with Crippen LogP contribution in [0.2, 0.25) is 0 Å². The summed E-state index contributed by atoms with van der Waals surface area (Å²) in [6.07, 6.45) is -2.60. The number of hydrogen-bond donors (Lipinski definition) is 0. The van der Waals surface area contributed by atoms with Crippen molar-refractivity contribution in [3.8, 4) is 11.8 Å². The largest absolute Gasteiger partial charge is 0.573 e. The number of aromatic nitrogens is 1. The van der Waals surface area contributed by atoms with Crippen molar-refractivity contribution in [3.05, 3.63) is 21.5 Å². The van der Waals surface area contributed by atoms with Crippen molar-refractivity contribution in [1.82, 2.24) is 4.98 Å². The highest BCUT2D eigenvalue weighted by Gasteiger charge is 2.32. The lowest BCUT2D eigenvalue weighted by Gasteiger charge is -2.11. The fourth-order valence-electron chi connectivity index (χ4n) is 0.907. The number of nitrogens with zero attached hydrogens (tertiary/aromatic N) is 2. The van der Waals surface area contributed by atoms with Crippen molar-refractivity contribution >= 4 is 22.6 Å². The highest BCUT2D eigenvalue weighted by atomic mass is 127. The molecular weight excluding hydrogens is 324 g/mol. The molecule has 0 spiro atoms. The molecule has 1 aromatic rings. The predicted octanol–water partition coefficient (Wildman–Crippen LogP) is 2.65. The van der Waals surface area contributed by atoms with Crippen LogP contribution in [0.4, 0.5) is 13.2 Å². The Balaban J connectivity index is 3.07. The summed E-state index contributed by atoms with van der Waals surface area (Å²) in [4.78, 5) is 3.57. The molecule has 15 heavy (non-hydrogen) atoms. The number of pyridine rings is 1. The van der Waals surface area contributed by atoms with Gasteiger partial charge >= 0.3 is 6.36 Å². The van der Waals surface area contributed by atoms with Gasteiger partial charge in [-0.15, -0.1) is 13.2 Å². The minimum Gasteiger partial charge on any atom is -0.404 e. The van der Waals surface area contributed by atoms with Crippen LogP contribution >= 0.6 is 22.6 Å². The Hall–Kier alpha value is -1.04. The molecule has 80 valence electrons. The summed E-state index contributed by atoms with van der Waals surface area (Å²) in [5.74, 6) is -0.420. The molecule has 1 aromatic heterocycles. The summed E-state index contributed by atoms with van der Waals surface area (Å²) >= 11 is 1.80. The van der Waals surface area contributed by atoms with Crippen molar-refractivity contribution in [1.29, 1.82) is 5.26 Å². The molecule has 0 N–H and O–H groups in total. The zero-order valence-electron chi connectivity index (χ0n) is 7.18. The number of rotatable bonds is 2. The highest BCUT2D eigenvalue weighted by Crippen LogP contribution is 2.28. The quantitative estimate of drug-likeness (QED) is 0.784. The third-order valence-corrected chi connectivity index (χ3v) is 2.38. The van der Waals surface area contributed by atoms with Crippen LogP contribution in [-0.2, 0) is 6.42 Å². The molecule has 0 aliphatic carbocycles. The molecule has 0 unspecified atom stereocenters. The monoisotopic (exact) mass is 328 g/mol. The molecular formula is C8H4F3IN2O. The third kappa shape index (κ3) is 3.54. The molecule has 0 amide bonds. The summed E-state index contributed by atoms with van der Waals surface area (Å²) < 4.78 is 40.1. The van der Waals surface area contributed by atoms with Gasteiger partial charge in [0.1, 0.15) is 0 Å². The second-order valence-electron chi connectivity index (χ2n) is 2.48. The molecule has 0 bridgehead atoms. The SMILES string of the molecule is N#CCc1c(I)cncc1OC(F)(F)F. The second-order valence-corrected chi connectivity index (χ2v) is 3.64. The summed E-state index contributed by atoms with van der Waals surface area (Å²) in [7, 11) is 0. The molecule has 0 aliphatic heterocycles. The Morgan fingerprint density at radius 2 is 2.13 bits per heavy atom. The van der Waals surface area contributed by atoms with Gasteiger partial charge in [0.15, 0.2) is 5.75 Å². The number of alkyl halides is 3. The number of nitriles is 1. The Labute approximate surface area is 97.0 Å². The molecule has 0 aliphatic rings. The van der Waals surface area contributed by atoms with E-state index >= 15 is 0 Å². The third-order valence-electron chi connectivity index (χ3n) is 1.45. The van der Waals surface area contributed by atoms with Gasteiger partial charge in [-0.2, -0.15) is 5.26 Å². The normalized spacial score (nSPS) is 10.9. The van der Waals surface area contributed by atoms with E-state index in [1.54, 1.807) is 28.7 Å². The average Bonchev–Trinajstić information content (AvgIpc) is 2.08. The summed E-state index contributed by atoms with van der Waals surface area (Å²) in [6.45, 7) is 0. The standard InChI is InChI=1S/C8H4F3IN2O/c9-8(10,11)15-7-4-14-3-6(12)5(7)1-2-13/h3-4H,1H2. The van der Waals surface area contributed by atoms with E-state index < -0.39 is 12.1 Å². The first kappa shape index (κ1) is 12.0. The lowest BCUT2D eigenvalue weighted by atomic mass is 10.2. The molecule has 0 atom stereocenters. The number of hydrogen-bond acceptors (Lipinski definition) is 3. The highest BCUT2D eigenvalue weighted by molar-refractivity contribution is 14.1. The number of ether oxygens (including phenoxy) is 1. The maximum Gasteiger partial charge on any atom is 0.573 e. The zero-order chi connectivity index (χ0) is 11.5. The molecule has 0 radical (unpaired) electrons. The van der Waals surface area contributed by atoms with Gasteiger partial charge in [-0.3, -0.25) is 4.98 Å². The van der Waals surface area contributed by atoms with E-state index in [0.29, 0.717) is 3.57 Å². The fraction of sp³-hybridized carbons (Fsp3) is 0.250. The Kier molecular flexibility index (Phi) is 3.73. The maximum atomic E-state index is 12.0. The van der Waals surface area contributed by atoms with E-state index in [0.717, 1.165) is 6.20 Å². The van der Waals surface area contributed by atoms with Crippen LogP contribution < -0.4 is 4.74 Å². The van der Waals surface area contributed by atoms with Gasteiger partial charge in [-0.05, 0) is 22.6 Å². The van der Waals surface area contributed by atoms with Gasteiger partial charge in [-0.25, -0.2) is 0 Å². The molecule has 0 aromatic carbocycles. The van der Waals surface area contributed by atoms with Crippen molar-refractivity contribution in [3.63, 3.8) is 0 Å². The van der Waals surface area contributed by atoms with Crippen LogP contribution in [0.3, 0.4) is 0 Å². The Morgan fingerprint density at radius 1 is 1.47 bits per heavy atom. The maximum absolute atomic E-state index is 12.0. The van der Waals surface area contributed by atoms with Crippen molar-refractivity contribution in [2.75, 3.05) is 0 Å². The van der Waals surface area contributed by atoms with E-state index in [9.17, 15) is 13.2 Å². The Morgan fingerprint density at radius 3 is 2.67 bits per heavy atom. The summed E-state index contributed by atoms with van der Waals surface area (Å²) in [5.41, 5.74) is 0.199. The second kappa shape index (κ2) is 4.65. The molecule has 0 saturated carbocycles. The first-order valence-corrected chi connectivity index (χ1v) is 4.77. The Bertz CT molecular complexity index is 400. The van der Waals surface area contributed by atoms with Crippen molar-refractivity contribution < 1.29 is 17.9 Å². The van der Waals surface area contributed by atoms with Gasteiger partial charge in [-0.1, -0.05) is 0 Å². The zero-order valence-corrected chi connectivity index (χ0v) is 9.33. The summed E-state index contributed by atoms with van der Waals surface area (Å²) in [5, 5.41) is 8.46. The van der Waals surface area contributed by atoms with Gasteiger partial charge in [0, 0.05) is 15.3 Å². The van der Waals surface area contributed by atoms with Crippen molar-refractivity contribution in [2.24, 2.45) is 0 Å². The molecule has 1 rings (SSSR count). The van der Waals surface area contributed by atoms with Crippen LogP contribution in [0, 0.1) is 14.9 Å². The molecule has 0 saturated heterocycles. The molecule has 3 nitrogen and oxygen atoms in total. The van der Waals surface area contributed by atoms with Crippen LogP contribution in [0.25, 0.3) is 0 Å². The van der Waals surface area contributed by atoms with E-state index in [1.807, 2.05) is 0 Å². The molecule has 0 fully saturated rings. The van der Waals surface area contributed by atoms with E-state index in [1.165, 1.54) is 6.20 Å². The van der Waals surface area contributed by atoms with Crippen LogP contribution in [0.5, 0.6) is 5.75 Å². The van der Waals surface area contributed by atoms with Gasteiger partial charge in [0.2, 0.25) is 0 Å². The van der Waals surface area contributed by atoms with E-state index in [2.05, 4.69) is 9.72 Å². The first-order valence-electron chi connectivity index (χ1n) is 3.69. The van der Waals surface area contributed by atoms with Crippen molar-refractivity contribution in [2.45, 2.75) is 12.8 Å². The van der Waals surface area contributed by atoms with E-state index in [4.69, 9.17) is 5.26 Å². The fourth-order valence-corrected chi connectivity index (χ4v) is 1.52. The lowest BCUT2D eigenvalue weighted by molar-refractivity contribution is -0.275. The first-order chi connectivity index (χ1) is 6.94. The van der Waals surface area contributed by atoms with Crippen LogP contribution in [0.1, 0.15) is 5.56 Å². The predicted molar refractivity (Wildman–Crippen MR) is 53.0 cm³/mol. The topological polar surface area (TPSA) is 45.9 Å². The minimum absolute atomic E-state index is 0.147. The number of halogens is 4. The summed E-state index contributed by atoms with van der Waals surface area (Å²) in [6, 6.07) is 1.77. The van der Waals surface area contributed by atoms with Gasteiger partial charge < -0.3 is 4.74 Å².